The Morgan fingerprint density at radius 2 is 1.75 bits per heavy atom. The Morgan fingerprint density at radius 3 is 2.45 bits per heavy atom. The predicted molar refractivity (Wildman–Crippen MR) is 169 cm³/mol. The zero-order valence-electron chi connectivity index (χ0n) is 25.3. The third kappa shape index (κ3) is 7.85. The second-order valence-electron chi connectivity index (χ2n) is 10.9. The van der Waals surface area contributed by atoms with Gasteiger partial charge in [-0.05, 0) is 46.9 Å². The van der Waals surface area contributed by atoms with Crippen molar-refractivity contribution in [3.8, 4) is 16.9 Å². The number of carbonyl (C=O) groups is 4. The molecular formula is C34H37BrN2O7. The number of aryl methyl sites for hydroxylation is 1. The summed E-state index contributed by atoms with van der Waals surface area (Å²) >= 11 is 3.41. The van der Waals surface area contributed by atoms with E-state index in [1.807, 2.05) is 61.5 Å². The van der Waals surface area contributed by atoms with E-state index in [1.54, 1.807) is 19.1 Å². The zero-order chi connectivity index (χ0) is 31.8. The number of benzene rings is 3. The van der Waals surface area contributed by atoms with Crippen molar-refractivity contribution < 1.29 is 33.4 Å². The van der Waals surface area contributed by atoms with Gasteiger partial charge in [-0.15, -0.1) is 0 Å². The minimum Gasteiger partial charge on any atom is -0.492 e. The summed E-state index contributed by atoms with van der Waals surface area (Å²) < 4.78 is 16.6. The van der Waals surface area contributed by atoms with Crippen LogP contribution < -0.4 is 10.1 Å². The van der Waals surface area contributed by atoms with E-state index < -0.39 is 36.0 Å². The normalized spacial score (nSPS) is 18.4. The van der Waals surface area contributed by atoms with Crippen molar-refractivity contribution in [2.24, 2.45) is 5.92 Å². The molecule has 1 N–H and O–H groups in total. The first-order valence-electron chi connectivity index (χ1n) is 14.4. The lowest BCUT2D eigenvalue weighted by molar-refractivity contribution is -0.145. The number of nitrogens with zero attached hydrogens (tertiary/aromatic N) is 1. The predicted octanol–water partition coefficient (Wildman–Crippen LogP) is 5.55. The largest absolute Gasteiger partial charge is 0.492 e. The van der Waals surface area contributed by atoms with Crippen LogP contribution in [0, 0.1) is 12.8 Å². The molecule has 3 aromatic rings. The van der Waals surface area contributed by atoms with Crippen LogP contribution in [-0.2, 0) is 36.9 Å². The van der Waals surface area contributed by atoms with Gasteiger partial charge in [0.2, 0.25) is 5.91 Å². The molecule has 0 saturated carbocycles. The Labute approximate surface area is 266 Å². The third-order valence-corrected chi connectivity index (χ3v) is 7.95. The minimum atomic E-state index is -1.06. The smallest absolute Gasteiger partial charge is 0.410 e. The minimum absolute atomic E-state index is 0.0369. The molecule has 0 fully saturated rings. The molecule has 1 heterocycles. The fourth-order valence-electron chi connectivity index (χ4n) is 5.23. The number of hydrogen-bond acceptors (Lipinski definition) is 7. The molecule has 0 unspecified atom stereocenters. The Kier molecular flexibility index (Phi) is 11.2. The lowest BCUT2D eigenvalue weighted by Crippen LogP contribution is -2.46. The first-order valence-corrected chi connectivity index (χ1v) is 15.5. The number of ketones is 1. The lowest BCUT2D eigenvalue weighted by Gasteiger charge is -2.29. The quantitative estimate of drug-likeness (QED) is 0.260. The topological polar surface area (TPSA) is 111 Å². The average molecular weight is 666 g/mol. The summed E-state index contributed by atoms with van der Waals surface area (Å²) in [6, 6.07) is 18.4. The number of likely N-dealkylation sites (N-methyl/N-ethyl adjacent to an activating group) is 1. The number of alkyl halides is 1. The SMILES string of the molecule is COC(=O)[C@@H]1Cc2ccc(C)c(c2)-c2cc(ccc2OCCBr)[C@H](N(C)C(=O)OCc2ccccc2)C(=O)C[C@@H](C)C(=O)N1. The Morgan fingerprint density at radius 1 is 1.00 bits per heavy atom. The molecule has 44 heavy (non-hydrogen) atoms. The Balaban J connectivity index is 1.83. The Hall–Kier alpha value is -4.18. The van der Waals surface area contributed by atoms with Gasteiger partial charge < -0.3 is 19.5 Å². The van der Waals surface area contributed by atoms with Crippen molar-refractivity contribution in [2.75, 3.05) is 26.1 Å². The number of halogens is 1. The molecule has 0 spiro atoms. The van der Waals surface area contributed by atoms with Gasteiger partial charge in [0.25, 0.3) is 0 Å². The summed E-state index contributed by atoms with van der Waals surface area (Å²) in [6.45, 7) is 4.02. The number of ether oxygens (including phenoxy) is 3. The number of hydrogen-bond donors (Lipinski definition) is 1. The molecule has 0 aliphatic carbocycles. The van der Waals surface area contributed by atoms with Crippen LogP contribution in [0.5, 0.6) is 5.75 Å². The first-order chi connectivity index (χ1) is 21.1. The molecule has 2 amide bonds. The second kappa shape index (κ2) is 15.0. The van der Waals surface area contributed by atoms with Crippen LogP contribution >= 0.6 is 15.9 Å². The number of Topliss-reactive ketones (excluding diaryl/α,β-unsaturated/α-hetero) is 1. The highest BCUT2D eigenvalue weighted by Crippen LogP contribution is 2.37. The maximum atomic E-state index is 14.0. The maximum Gasteiger partial charge on any atom is 0.410 e. The molecule has 4 rings (SSSR count). The molecule has 0 aromatic heterocycles. The number of carbonyl (C=O) groups excluding carboxylic acids is 4. The van der Waals surface area contributed by atoms with Crippen molar-refractivity contribution in [2.45, 2.75) is 45.4 Å². The van der Waals surface area contributed by atoms with Gasteiger partial charge in [0.05, 0.1) is 13.7 Å². The highest BCUT2D eigenvalue weighted by Gasteiger charge is 2.34. The van der Waals surface area contributed by atoms with E-state index in [0.29, 0.717) is 23.2 Å². The average Bonchev–Trinajstić information content (AvgIpc) is 3.03. The molecule has 4 bridgehead atoms. The molecular weight excluding hydrogens is 628 g/mol. The van der Waals surface area contributed by atoms with E-state index in [2.05, 4.69) is 21.2 Å². The summed E-state index contributed by atoms with van der Waals surface area (Å²) in [5, 5.41) is 3.38. The van der Waals surface area contributed by atoms with E-state index in [1.165, 1.54) is 19.1 Å². The fraction of sp³-hybridized carbons (Fsp3) is 0.353. The summed E-state index contributed by atoms with van der Waals surface area (Å²) in [7, 11) is 2.78. The van der Waals surface area contributed by atoms with Crippen LogP contribution in [0.2, 0.25) is 0 Å². The van der Waals surface area contributed by atoms with E-state index in [-0.39, 0.29) is 25.2 Å². The molecule has 3 aromatic carbocycles. The molecule has 1 aliphatic rings. The van der Waals surface area contributed by atoms with E-state index in [4.69, 9.17) is 14.2 Å². The van der Waals surface area contributed by atoms with Crippen molar-refractivity contribution >= 4 is 39.7 Å². The molecule has 232 valence electrons. The summed E-state index contributed by atoms with van der Waals surface area (Å²) in [5.74, 6) is -1.60. The maximum absolute atomic E-state index is 14.0. The van der Waals surface area contributed by atoms with Crippen molar-refractivity contribution in [1.29, 1.82) is 0 Å². The number of esters is 1. The van der Waals surface area contributed by atoms with Gasteiger partial charge in [-0.2, -0.15) is 0 Å². The van der Waals surface area contributed by atoms with Crippen LogP contribution in [0.3, 0.4) is 0 Å². The summed E-state index contributed by atoms with van der Waals surface area (Å²) in [5.41, 5.74) is 4.66. The highest BCUT2D eigenvalue weighted by molar-refractivity contribution is 9.09. The first kappa shape index (κ1) is 32.7. The van der Waals surface area contributed by atoms with E-state index >= 15 is 0 Å². The highest BCUT2D eigenvalue weighted by atomic mass is 79.9. The lowest BCUT2D eigenvalue weighted by atomic mass is 9.89. The summed E-state index contributed by atoms with van der Waals surface area (Å²) in [4.78, 5) is 54.5. The molecule has 0 radical (unpaired) electrons. The van der Waals surface area contributed by atoms with Crippen molar-refractivity contribution in [3.63, 3.8) is 0 Å². The standard InChI is InChI=1S/C34H37BrN2O7/c1-21-10-11-24-17-26(21)27-19-25(12-13-30(27)43-15-14-35)31(37(3)34(41)44-20-23-8-6-5-7-9-23)29(38)16-22(2)32(39)36-28(18-24)33(40)42-4/h5-13,17,19,22,28,31H,14-16,18,20H2,1-4H3,(H,36,39)/t22-,28+,31+/m1/s1. The van der Waals surface area contributed by atoms with Crippen LogP contribution in [0.1, 0.15) is 41.6 Å². The zero-order valence-corrected chi connectivity index (χ0v) is 26.9. The number of amides is 2. The van der Waals surface area contributed by atoms with Crippen LogP contribution in [-0.4, -0.2) is 60.8 Å². The van der Waals surface area contributed by atoms with Crippen LogP contribution in [0.4, 0.5) is 4.79 Å². The van der Waals surface area contributed by atoms with Gasteiger partial charge in [0.1, 0.15) is 24.4 Å². The number of rotatable bonds is 7. The van der Waals surface area contributed by atoms with Gasteiger partial charge in [0.15, 0.2) is 5.78 Å². The van der Waals surface area contributed by atoms with Gasteiger partial charge in [-0.1, -0.05) is 77.5 Å². The van der Waals surface area contributed by atoms with Gasteiger partial charge in [-0.3, -0.25) is 14.5 Å². The van der Waals surface area contributed by atoms with Crippen molar-refractivity contribution in [3.05, 3.63) is 89.0 Å². The molecule has 0 saturated heterocycles. The van der Waals surface area contributed by atoms with E-state index in [0.717, 1.165) is 27.8 Å². The van der Waals surface area contributed by atoms with Crippen LogP contribution in [0.15, 0.2) is 66.7 Å². The third-order valence-electron chi connectivity index (χ3n) is 7.63. The fourth-order valence-corrected chi connectivity index (χ4v) is 5.39. The molecule has 1 aliphatic heterocycles. The monoisotopic (exact) mass is 664 g/mol. The van der Waals surface area contributed by atoms with Crippen molar-refractivity contribution in [1.82, 2.24) is 10.2 Å². The number of nitrogens with one attached hydrogen (secondary N) is 1. The molecule has 10 heteroatoms. The number of fused-ring (bicyclic) bond motifs is 5. The Bertz CT molecular complexity index is 1510. The van der Waals surface area contributed by atoms with Gasteiger partial charge in [0, 0.05) is 36.7 Å². The molecule has 9 nitrogen and oxygen atoms in total. The number of methoxy groups -OCH3 is 1. The molecule has 3 atom stereocenters. The summed E-state index contributed by atoms with van der Waals surface area (Å²) in [6.07, 6.45) is -0.666. The van der Waals surface area contributed by atoms with Gasteiger partial charge in [-0.25, -0.2) is 9.59 Å². The second-order valence-corrected chi connectivity index (χ2v) is 11.6. The van der Waals surface area contributed by atoms with Crippen LogP contribution in [0.25, 0.3) is 11.1 Å². The van der Waals surface area contributed by atoms with E-state index in [9.17, 15) is 19.2 Å². The van der Waals surface area contributed by atoms with Gasteiger partial charge >= 0.3 is 12.1 Å².